The standard InChI is InChI=1S/C15H19NO5.CH2O2/c1-9-4-11(18)7-14(21-9)15(19)16-2-3-20-13-6-10(8-17)5-12(13)16;2-1-3/h4,7,10,12-13,17H,2-3,5-6,8H2,1H3;1H,(H,2,3)/t10-,12+,13?;/m1./s1. The molecule has 0 aromatic carbocycles. The summed E-state index contributed by atoms with van der Waals surface area (Å²) in [5.74, 6) is 0.397. The Balaban J connectivity index is 0.000000647. The van der Waals surface area contributed by atoms with Crippen molar-refractivity contribution < 1.29 is 29.0 Å². The average molecular weight is 339 g/mol. The maximum atomic E-state index is 12.6. The van der Waals surface area contributed by atoms with Gasteiger partial charge in [0.2, 0.25) is 0 Å². The number of aryl methyl sites for hydroxylation is 1. The number of hydrogen-bond acceptors (Lipinski definition) is 6. The summed E-state index contributed by atoms with van der Waals surface area (Å²) in [6, 6.07) is 2.54. The second-order valence-electron chi connectivity index (χ2n) is 5.87. The van der Waals surface area contributed by atoms with Crippen molar-refractivity contribution in [3.63, 3.8) is 0 Å². The molecule has 8 nitrogen and oxygen atoms in total. The molecule has 0 bridgehead atoms. The van der Waals surface area contributed by atoms with Gasteiger partial charge in [-0.25, -0.2) is 0 Å². The van der Waals surface area contributed by atoms with E-state index < -0.39 is 0 Å². The molecule has 3 rings (SSSR count). The highest BCUT2D eigenvalue weighted by Crippen LogP contribution is 2.34. The predicted molar refractivity (Wildman–Crippen MR) is 82.8 cm³/mol. The van der Waals surface area contributed by atoms with Gasteiger partial charge in [-0.15, -0.1) is 0 Å². The molecule has 1 aliphatic carbocycles. The number of ether oxygens (including phenoxy) is 1. The van der Waals surface area contributed by atoms with Crippen LogP contribution in [0.4, 0.5) is 0 Å². The van der Waals surface area contributed by atoms with Crippen molar-refractivity contribution in [3.8, 4) is 0 Å². The van der Waals surface area contributed by atoms with Gasteiger partial charge in [-0.2, -0.15) is 0 Å². The van der Waals surface area contributed by atoms with Gasteiger partial charge in [-0.05, 0) is 25.7 Å². The smallest absolute Gasteiger partial charge is 0.290 e. The minimum atomic E-state index is -0.271. The summed E-state index contributed by atoms with van der Waals surface area (Å²) in [4.78, 5) is 34.2. The normalized spacial score (nSPS) is 25.4. The van der Waals surface area contributed by atoms with Gasteiger partial charge in [0.05, 0.1) is 18.8 Å². The molecule has 1 aromatic heterocycles. The number of aliphatic hydroxyl groups excluding tert-OH is 1. The highest BCUT2D eigenvalue weighted by atomic mass is 16.5. The van der Waals surface area contributed by atoms with Crippen LogP contribution in [0.3, 0.4) is 0 Å². The Morgan fingerprint density at radius 2 is 2.12 bits per heavy atom. The molecule has 1 aliphatic heterocycles. The Kier molecular flexibility index (Phi) is 6.10. The third kappa shape index (κ3) is 4.01. The van der Waals surface area contributed by atoms with E-state index in [1.807, 2.05) is 0 Å². The number of fused-ring (bicyclic) bond motifs is 1. The highest BCUT2D eigenvalue weighted by Gasteiger charge is 2.43. The zero-order valence-electron chi connectivity index (χ0n) is 13.4. The number of hydrogen-bond donors (Lipinski definition) is 2. The lowest BCUT2D eigenvalue weighted by molar-refractivity contribution is -0.122. The Bertz CT molecular complexity index is 642. The topological polar surface area (TPSA) is 117 Å². The molecule has 3 atom stereocenters. The van der Waals surface area contributed by atoms with E-state index in [0.717, 1.165) is 12.8 Å². The van der Waals surface area contributed by atoms with Gasteiger partial charge in [0.15, 0.2) is 11.2 Å². The molecule has 2 heterocycles. The number of amides is 1. The number of aliphatic hydroxyl groups is 1. The van der Waals surface area contributed by atoms with Gasteiger partial charge < -0.3 is 24.3 Å². The van der Waals surface area contributed by atoms with Gasteiger partial charge in [-0.3, -0.25) is 14.4 Å². The fourth-order valence-corrected chi connectivity index (χ4v) is 3.30. The van der Waals surface area contributed by atoms with E-state index in [4.69, 9.17) is 19.1 Å². The van der Waals surface area contributed by atoms with Crippen LogP contribution in [0.1, 0.15) is 29.2 Å². The second kappa shape index (κ2) is 8.07. The first kappa shape index (κ1) is 18.2. The summed E-state index contributed by atoms with van der Waals surface area (Å²) >= 11 is 0. The second-order valence-corrected chi connectivity index (χ2v) is 5.87. The lowest BCUT2D eigenvalue weighted by Gasteiger charge is -2.37. The first-order valence-corrected chi connectivity index (χ1v) is 7.73. The van der Waals surface area contributed by atoms with E-state index in [9.17, 15) is 14.7 Å². The SMILES string of the molecule is Cc1cc(=O)cc(C(=O)N2CCOC3C[C@H](CO)C[C@@H]32)o1.O=CO. The molecule has 8 heteroatoms. The lowest BCUT2D eigenvalue weighted by Crippen LogP contribution is -2.51. The van der Waals surface area contributed by atoms with Gasteiger partial charge in [0.1, 0.15) is 5.76 Å². The number of morpholine rings is 1. The summed E-state index contributed by atoms with van der Waals surface area (Å²) in [7, 11) is 0. The van der Waals surface area contributed by atoms with Crippen molar-refractivity contribution in [1.82, 2.24) is 4.90 Å². The summed E-state index contributed by atoms with van der Waals surface area (Å²) in [6.07, 6.45) is 1.46. The molecule has 2 N–H and O–H groups in total. The number of rotatable bonds is 2. The molecular weight excluding hydrogens is 318 g/mol. The van der Waals surface area contributed by atoms with Crippen molar-refractivity contribution in [2.24, 2.45) is 5.92 Å². The van der Waals surface area contributed by atoms with Crippen molar-refractivity contribution in [3.05, 3.63) is 33.9 Å². The van der Waals surface area contributed by atoms with Crippen LogP contribution >= 0.6 is 0 Å². The summed E-state index contributed by atoms with van der Waals surface area (Å²) < 4.78 is 11.1. The average Bonchev–Trinajstić information content (AvgIpc) is 2.97. The molecule has 2 fully saturated rings. The van der Waals surface area contributed by atoms with Crippen molar-refractivity contribution in [2.45, 2.75) is 31.9 Å². The number of carbonyl (C=O) groups excluding carboxylic acids is 1. The van der Waals surface area contributed by atoms with Gasteiger partial charge in [0.25, 0.3) is 12.4 Å². The highest BCUT2D eigenvalue weighted by molar-refractivity contribution is 5.91. The molecule has 132 valence electrons. The Morgan fingerprint density at radius 3 is 2.75 bits per heavy atom. The third-order valence-electron chi connectivity index (χ3n) is 4.25. The summed E-state index contributed by atoms with van der Waals surface area (Å²) in [5.41, 5.74) is -0.230. The van der Waals surface area contributed by atoms with Crippen molar-refractivity contribution in [2.75, 3.05) is 19.8 Å². The van der Waals surface area contributed by atoms with Crippen LogP contribution in [-0.4, -0.2) is 59.4 Å². The molecule has 1 amide bonds. The molecule has 1 saturated heterocycles. The monoisotopic (exact) mass is 339 g/mol. The fraction of sp³-hybridized carbons (Fsp3) is 0.562. The quantitative estimate of drug-likeness (QED) is 0.742. The Labute approximate surface area is 138 Å². The summed E-state index contributed by atoms with van der Waals surface area (Å²) in [6.45, 7) is 2.46. The van der Waals surface area contributed by atoms with Crippen LogP contribution in [-0.2, 0) is 9.53 Å². The Hall–Kier alpha value is -2.19. The van der Waals surface area contributed by atoms with Gasteiger partial charge in [0, 0.05) is 25.3 Å². The van der Waals surface area contributed by atoms with E-state index in [-0.39, 0.29) is 48.2 Å². The minimum absolute atomic E-state index is 0.0311. The summed E-state index contributed by atoms with van der Waals surface area (Å²) in [5, 5.41) is 16.2. The molecular formula is C16H21NO7. The number of nitrogens with zero attached hydrogens (tertiary/aromatic N) is 1. The van der Waals surface area contributed by atoms with Gasteiger partial charge in [-0.1, -0.05) is 0 Å². The molecule has 2 aliphatic rings. The largest absolute Gasteiger partial charge is 0.483 e. The maximum absolute atomic E-state index is 12.6. The molecule has 0 spiro atoms. The van der Waals surface area contributed by atoms with E-state index in [2.05, 4.69) is 0 Å². The van der Waals surface area contributed by atoms with E-state index in [1.54, 1.807) is 11.8 Å². The predicted octanol–water partition coefficient (Wildman–Crippen LogP) is 0.261. The van der Waals surface area contributed by atoms with Crippen molar-refractivity contribution >= 4 is 12.4 Å². The number of carboxylic acid groups (broad SMARTS) is 1. The molecule has 1 unspecified atom stereocenters. The van der Waals surface area contributed by atoms with Crippen LogP contribution in [0.2, 0.25) is 0 Å². The zero-order chi connectivity index (χ0) is 17.7. The zero-order valence-corrected chi connectivity index (χ0v) is 13.4. The van der Waals surface area contributed by atoms with E-state index >= 15 is 0 Å². The van der Waals surface area contributed by atoms with Crippen molar-refractivity contribution in [1.29, 1.82) is 0 Å². The van der Waals surface area contributed by atoms with E-state index in [0.29, 0.717) is 18.9 Å². The molecule has 1 saturated carbocycles. The molecule has 0 radical (unpaired) electrons. The minimum Gasteiger partial charge on any atom is -0.483 e. The van der Waals surface area contributed by atoms with E-state index in [1.165, 1.54) is 12.1 Å². The third-order valence-corrected chi connectivity index (χ3v) is 4.25. The van der Waals surface area contributed by atoms with Crippen LogP contribution in [0, 0.1) is 12.8 Å². The Morgan fingerprint density at radius 1 is 1.42 bits per heavy atom. The lowest BCUT2D eigenvalue weighted by atomic mass is 10.1. The first-order chi connectivity index (χ1) is 11.5. The van der Waals surface area contributed by atoms with Crippen LogP contribution in [0.15, 0.2) is 21.3 Å². The van der Waals surface area contributed by atoms with Crippen LogP contribution in [0.25, 0.3) is 0 Å². The fourth-order valence-electron chi connectivity index (χ4n) is 3.30. The first-order valence-electron chi connectivity index (χ1n) is 7.73. The van der Waals surface area contributed by atoms with Crippen LogP contribution < -0.4 is 5.43 Å². The number of carbonyl (C=O) groups is 2. The van der Waals surface area contributed by atoms with Gasteiger partial charge >= 0.3 is 0 Å². The molecule has 24 heavy (non-hydrogen) atoms. The van der Waals surface area contributed by atoms with Crippen LogP contribution in [0.5, 0.6) is 0 Å². The maximum Gasteiger partial charge on any atom is 0.290 e. The molecule has 1 aromatic rings.